The predicted molar refractivity (Wildman–Crippen MR) is 74.7 cm³/mol. The molecule has 0 saturated heterocycles. The maximum Gasteiger partial charge on any atom is 0.365 e. The fourth-order valence-corrected chi connectivity index (χ4v) is 1.69. The highest BCUT2D eigenvalue weighted by molar-refractivity contribution is 6.09. The van der Waals surface area contributed by atoms with Crippen LogP contribution in [0, 0.1) is 0 Å². The third kappa shape index (κ3) is 3.58. The predicted octanol–water partition coefficient (Wildman–Crippen LogP) is 3.75. The molecule has 0 aromatic heterocycles. The summed E-state index contributed by atoms with van der Waals surface area (Å²) in [6.45, 7) is 5.85. The number of benzene rings is 1. The van der Waals surface area contributed by atoms with Gasteiger partial charge in [-0.1, -0.05) is 37.2 Å². The molecule has 0 unspecified atom stereocenters. The molecule has 0 fully saturated rings. The second kappa shape index (κ2) is 6.04. The van der Waals surface area contributed by atoms with E-state index in [2.05, 4.69) is 34.0 Å². The van der Waals surface area contributed by atoms with Crippen LogP contribution in [0.2, 0.25) is 0 Å². The minimum atomic E-state index is -0.522. The summed E-state index contributed by atoms with van der Waals surface area (Å²) < 4.78 is 0. The van der Waals surface area contributed by atoms with Crippen LogP contribution in [0.3, 0.4) is 0 Å². The summed E-state index contributed by atoms with van der Waals surface area (Å²) in [7, 11) is 0. The van der Waals surface area contributed by atoms with Gasteiger partial charge >= 0.3 is 6.03 Å². The fraction of sp³-hybridized carbons (Fsp3) is 0.286. The number of nitrogens with zero attached hydrogens (tertiary/aromatic N) is 3. The number of hydrogen-bond donors (Lipinski definition) is 1. The first-order valence-corrected chi connectivity index (χ1v) is 6.28. The van der Waals surface area contributed by atoms with Crippen LogP contribution >= 0.6 is 0 Å². The summed E-state index contributed by atoms with van der Waals surface area (Å²) in [6.07, 6.45) is 3.44. The fourth-order valence-electron chi connectivity index (χ4n) is 1.69. The van der Waals surface area contributed by atoms with Gasteiger partial charge in [-0.2, -0.15) is 0 Å². The SMILES string of the molecule is C=C1N=NC(=O)NC1=Nc1ccc(CCCC)cc1. The zero-order valence-electron chi connectivity index (χ0n) is 10.9. The molecule has 0 aliphatic carbocycles. The largest absolute Gasteiger partial charge is 0.365 e. The number of hydrogen-bond acceptors (Lipinski definition) is 3. The number of carbonyl (C=O) groups is 1. The van der Waals surface area contributed by atoms with E-state index in [1.54, 1.807) is 0 Å². The van der Waals surface area contributed by atoms with Crippen molar-refractivity contribution in [1.82, 2.24) is 5.32 Å². The van der Waals surface area contributed by atoms with Gasteiger partial charge in [-0.25, -0.2) is 9.79 Å². The van der Waals surface area contributed by atoms with Crippen LogP contribution in [0.4, 0.5) is 10.5 Å². The smallest absolute Gasteiger partial charge is 0.287 e. The highest BCUT2D eigenvalue weighted by Gasteiger charge is 2.14. The number of carbonyl (C=O) groups excluding carboxylic acids is 1. The second-order valence-corrected chi connectivity index (χ2v) is 4.31. The van der Waals surface area contributed by atoms with Crippen molar-refractivity contribution in [3.8, 4) is 0 Å². The lowest BCUT2D eigenvalue weighted by Gasteiger charge is -2.09. The van der Waals surface area contributed by atoms with Crippen LogP contribution in [0.5, 0.6) is 0 Å². The van der Waals surface area contributed by atoms with E-state index in [9.17, 15) is 4.79 Å². The number of aliphatic imine (C=N–C) groups is 1. The molecule has 0 radical (unpaired) electrons. The molecule has 0 atom stereocenters. The minimum absolute atomic E-state index is 0.348. The molecule has 1 aliphatic heterocycles. The third-order valence-corrected chi connectivity index (χ3v) is 2.76. The Labute approximate surface area is 112 Å². The zero-order chi connectivity index (χ0) is 13.7. The van der Waals surface area contributed by atoms with Crippen molar-refractivity contribution in [2.75, 3.05) is 0 Å². The lowest BCUT2D eigenvalue weighted by Crippen LogP contribution is -2.31. The molecule has 0 saturated carbocycles. The van der Waals surface area contributed by atoms with Crippen LogP contribution in [0.15, 0.2) is 51.8 Å². The molecular weight excluding hydrogens is 240 g/mol. The van der Waals surface area contributed by atoms with Gasteiger partial charge in [-0.3, -0.25) is 5.32 Å². The summed E-state index contributed by atoms with van der Waals surface area (Å²) >= 11 is 0. The Kier molecular flexibility index (Phi) is 4.18. The van der Waals surface area contributed by atoms with Gasteiger partial charge in [0.2, 0.25) is 0 Å². The second-order valence-electron chi connectivity index (χ2n) is 4.31. The van der Waals surface area contributed by atoms with Gasteiger partial charge in [0, 0.05) is 0 Å². The first kappa shape index (κ1) is 13.1. The number of nitrogens with one attached hydrogen (secondary N) is 1. The lowest BCUT2D eigenvalue weighted by molar-refractivity contribution is 0.251. The molecule has 5 nitrogen and oxygen atoms in total. The van der Waals surface area contributed by atoms with Gasteiger partial charge in [-0.15, -0.1) is 5.11 Å². The van der Waals surface area contributed by atoms with Crippen LogP contribution < -0.4 is 5.32 Å². The Morgan fingerprint density at radius 3 is 2.68 bits per heavy atom. The first-order valence-electron chi connectivity index (χ1n) is 6.28. The van der Waals surface area contributed by atoms with Gasteiger partial charge in [0.1, 0.15) is 5.70 Å². The Bertz CT molecular complexity index is 543. The van der Waals surface area contributed by atoms with E-state index in [1.807, 2.05) is 24.3 Å². The molecule has 5 heteroatoms. The molecule has 1 aliphatic rings. The molecule has 98 valence electrons. The number of azo groups is 1. The standard InChI is InChI=1S/C14H16N4O/c1-3-4-5-11-6-8-12(9-7-11)15-13-10(2)17-18-14(19)16-13/h6-9H,2-5H2,1H3,(H,15,16,19). The number of unbranched alkanes of at least 4 members (excludes halogenated alkanes) is 1. The maximum atomic E-state index is 11.1. The van der Waals surface area contributed by atoms with Crippen molar-refractivity contribution in [3.63, 3.8) is 0 Å². The van der Waals surface area contributed by atoms with E-state index in [-0.39, 0.29) is 0 Å². The van der Waals surface area contributed by atoms with Crippen molar-refractivity contribution in [1.29, 1.82) is 0 Å². The van der Waals surface area contributed by atoms with Gasteiger partial charge in [0.15, 0.2) is 5.84 Å². The van der Waals surface area contributed by atoms with Gasteiger partial charge < -0.3 is 0 Å². The minimum Gasteiger partial charge on any atom is -0.287 e. The average Bonchev–Trinajstić information content (AvgIpc) is 2.42. The Morgan fingerprint density at radius 2 is 2.00 bits per heavy atom. The lowest BCUT2D eigenvalue weighted by atomic mass is 10.1. The Morgan fingerprint density at radius 1 is 1.26 bits per heavy atom. The topological polar surface area (TPSA) is 66.2 Å². The first-order chi connectivity index (χ1) is 9.19. The van der Waals surface area contributed by atoms with Crippen molar-refractivity contribution in [2.24, 2.45) is 15.2 Å². The molecule has 0 bridgehead atoms. The summed E-state index contributed by atoms with van der Waals surface area (Å²) in [6, 6.07) is 7.41. The quantitative estimate of drug-likeness (QED) is 0.875. The molecular formula is C14H16N4O. The van der Waals surface area contributed by atoms with E-state index in [1.165, 1.54) is 18.4 Å². The third-order valence-electron chi connectivity index (χ3n) is 2.76. The normalized spacial score (nSPS) is 16.8. The zero-order valence-corrected chi connectivity index (χ0v) is 10.9. The summed E-state index contributed by atoms with van der Waals surface area (Å²) in [5.41, 5.74) is 2.40. The number of urea groups is 1. The van der Waals surface area contributed by atoms with Crippen LogP contribution in [0.1, 0.15) is 25.3 Å². The highest BCUT2D eigenvalue weighted by Crippen LogP contribution is 2.16. The van der Waals surface area contributed by atoms with Gasteiger partial charge in [0.25, 0.3) is 0 Å². The number of amidine groups is 1. The summed E-state index contributed by atoms with van der Waals surface area (Å²) in [5, 5.41) is 9.49. The van der Waals surface area contributed by atoms with Crippen molar-refractivity contribution >= 4 is 17.6 Å². The number of amides is 2. The Hall–Kier alpha value is -2.30. The van der Waals surface area contributed by atoms with Crippen molar-refractivity contribution in [2.45, 2.75) is 26.2 Å². The summed E-state index contributed by atoms with van der Waals surface area (Å²) in [5.74, 6) is 0.348. The maximum absolute atomic E-state index is 11.1. The van der Waals surface area contributed by atoms with Crippen LogP contribution in [-0.2, 0) is 6.42 Å². The molecule has 1 N–H and O–H groups in total. The van der Waals surface area contributed by atoms with E-state index >= 15 is 0 Å². The number of aryl methyl sites for hydroxylation is 1. The number of rotatable bonds is 4. The van der Waals surface area contributed by atoms with Crippen molar-refractivity contribution in [3.05, 3.63) is 42.1 Å². The molecule has 2 amide bonds. The molecule has 0 spiro atoms. The monoisotopic (exact) mass is 256 g/mol. The molecule has 1 aromatic carbocycles. The van der Waals surface area contributed by atoms with E-state index in [4.69, 9.17) is 0 Å². The van der Waals surface area contributed by atoms with Crippen molar-refractivity contribution < 1.29 is 4.79 Å². The van der Waals surface area contributed by atoms with E-state index in [0.29, 0.717) is 11.5 Å². The van der Waals surface area contributed by atoms with Crippen LogP contribution in [-0.4, -0.2) is 11.9 Å². The molecule has 1 aromatic rings. The van der Waals surface area contributed by atoms with E-state index in [0.717, 1.165) is 12.1 Å². The van der Waals surface area contributed by atoms with Gasteiger partial charge in [0.05, 0.1) is 5.69 Å². The molecule has 1 heterocycles. The van der Waals surface area contributed by atoms with Crippen LogP contribution in [0.25, 0.3) is 0 Å². The molecule has 19 heavy (non-hydrogen) atoms. The van der Waals surface area contributed by atoms with E-state index < -0.39 is 6.03 Å². The average molecular weight is 256 g/mol. The van der Waals surface area contributed by atoms with Gasteiger partial charge in [-0.05, 0) is 30.5 Å². The summed E-state index contributed by atoms with van der Waals surface area (Å²) in [4.78, 5) is 15.4. The highest BCUT2D eigenvalue weighted by atomic mass is 16.2. The Balaban J connectivity index is 2.12. The molecule has 2 rings (SSSR count).